The zero-order chi connectivity index (χ0) is 13.3. The van der Waals surface area contributed by atoms with Gasteiger partial charge in [0.05, 0.1) is 5.71 Å². The minimum absolute atomic E-state index is 0.0293. The molecule has 0 aromatic heterocycles. The van der Waals surface area contributed by atoms with Crippen LogP contribution in [0.3, 0.4) is 0 Å². The third kappa shape index (κ3) is 3.01. The van der Waals surface area contributed by atoms with E-state index in [0.29, 0.717) is 6.42 Å². The number of rotatable bonds is 1. The van der Waals surface area contributed by atoms with Crippen molar-refractivity contribution in [2.24, 2.45) is 15.7 Å². The number of nitrogens with one attached hydrogen (secondary N) is 1. The largest absolute Gasteiger partial charge is 0.457 e. The molecule has 0 amide bonds. The van der Waals surface area contributed by atoms with E-state index in [1.807, 2.05) is 34.6 Å². The number of hydrogen-bond acceptors (Lipinski definition) is 5. The highest BCUT2D eigenvalue weighted by atomic mass is 16.6. The third-order valence-corrected chi connectivity index (χ3v) is 2.92. The summed E-state index contributed by atoms with van der Waals surface area (Å²) >= 11 is 0. The predicted molar refractivity (Wildman–Crippen MR) is 64.6 cm³/mol. The Balaban J connectivity index is 2.62. The van der Waals surface area contributed by atoms with E-state index < -0.39 is 5.60 Å². The summed E-state index contributed by atoms with van der Waals surface area (Å²) in [5.41, 5.74) is 0.0190. The van der Waals surface area contributed by atoms with Crippen LogP contribution in [-0.2, 0) is 4.74 Å². The van der Waals surface area contributed by atoms with E-state index in [0.717, 1.165) is 5.71 Å². The first-order valence-electron chi connectivity index (χ1n) is 5.59. The first-order valence-corrected chi connectivity index (χ1v) is 5.59. The van der Waals surface area contributed by atoms with E-state index in [2.05, 4.69) is 15.6 Å². The predicted octanol–water partition coefficient (Wildman–Crippen LogP) is 1.76. The summed E-state index contributed by atoms with van der Waals surface area (Å²) in [6.45, 7) is 9.51. The molecule has 1 saturated carbocycles. The highest BCUT2D eigenvalue weighted by molar-refractivity contribution is 5.97. The second-order valence-electron chi connectivity index (χ2n) is 5.79. The maximum absolute atomic E-state index is 8.87. The zero-order valence-electron chi connectivity index (χ0n) is 11.0. The van der Waals surface area contributed by atoms with Gasteiger partial charge in [-0.05, 0) is 25.9 Å². The van der Waals surface area contributed by atoms with Crippen LogP contribution in [0.1, 0.15) is 41.0 Å². The van der Waals surface area contributed by atoms with Crippen molar-refractivity contribution >= 4 is 11.7 Å². The summed E-state index contributed by atoms with van der Waals surface area (Å²) in [4.78, 5) is 0. The fraction of sp³-hybridized carbons (Fsp3) is 0.818. The molecule has 1 rings (SSSR count). The normalized spacial score (nSPS) is 26.5. The van der Waals surface area contributed by atoms with E-state index in [1.165, 1.54) is 0 Å². The van der Waals surface area contributed by atoms with Gasteiger partial charge in [-0.25, -0.2) is 0 Å². The van der Waals surface area contributed by atoms with Crippen molar-refractivity contribution in [2.45, 2.75) is 52.7 Å². The van der Waals surface area contributed by atoms with Crippen LogP contribution in [0.15, 0.2) is 10.3 Å². The van der Waals surface area contributed by atoms with Crippen LogP contribution in [-0.4, -0.2) is 33.8 Å². The number of nitrogens with zero attached hydrogens (tertiary/aromatic N) is 2. The molecule has 17 heavy (non-hydrogen) atoms. The highest BCUT2D eigenvalue weighted by Gasteiger charge is 2.46. The standard InChI is InChI=1S/C11H21N3O3/c1-10(2,3)17-9(14-16)12-7-6-8(13-15)11(7,4)5/h7,15-16H,6H2,1-5H3,(H,12,14). The number of ether oxygens (including phenoxy) is 1. The molecule has 0 bridgehead atoms. The Kier molecular flexibility index (Phi) is 3.54. The van der Waals surface area contributed by atoms with Crippen molar-refractivity contribution in [2.75, 3.05) is 0 Å². The van der Waals surface area contributed by atoms with Gasteiger partial charge in [-0.3, -0.25) is 0 Å². The van der Waals surface area contributed by atoms with Gasteiger partial charge in [0.2, 0.25) is 0 Å². The summed E-state index contributed by atoms with van der Waals surface area (Å²) in [6.07, 6.45) is 0.607. The summed E-state index contributed by atoms with van der Waals surface area (Å²) in [6, 6.07) is 0.120. The average molecular weight is 243 g/mol. The molecule has 0 aromatic carbocycles. The van der Waals surface area contributed by atoms with E-state index in [1.54, 1.807) is 0 Å². The Labute approximate surface area is 101 Å². The Morgan fingerprint density at radius 1 is 1.41 bits per heavy atom. The van der Waals surface area contributed by atoms with Crippen LogP contribution in [0.25, 0.3) is 0 Å². The van der Waals surface area contributed by atoms with Crippen molar-refractivity contribution in [1.82, 2.24) is 5.32 Å². The van der Waals surface area contributed by atoms with Gasteiger partial charge < -0.3 is 20.5 Å². The molecule has 1 aliphatic carbocycles. The lowest BCUT2D eigenvalue weighted by Crippen LogP contribution is -2.59. The van der Waals surface area contributed by atoms with Gasteiger partial charge in [0.15, 0.2) is 0 Å². The van der Waals surface area contributed by atoms with Crippen molar-refractivity contribution in [1.29, 1.82) is 0 Å². The quantitative estimate of drug-likeness (QED) is 0.283. The van der Waals surface area contributed by atoms with Crippen molar-refractivity contribution in [3.63, 3.8) is 0 Å². The minimum atomic E-state index is -0.434. The Bertz CT molecular complexity index is 342. The summed E-state index contributed by atoms with van der Waals surface area (Å²) < 4.78 is 5.44. The Morgan fingerprint density at radius 2 is 2.00 bits per heavy atom. The minimum Gasteiger partial charge on any atom is -0.457 e. The maximum Gasteiger partial charge on any atom is 0.324 e. The average Bonchev–Trinajstić information content (AvgIpc) is 2.19. The molecule has 0 saturated heterocycles. The van der Waals surface area contributed by atoms with Crippen LogP contribution in [0.4, 0.5) is 0 Å². The SMILES string of the molecule is CC(C)(C)OC(=NO)NC1CC(=NO)C1(C)C. The Morgan fingerprint density at radius 3 is 2.35 bits per heavy atom. The van der Waals surface area contributed by atoms with Crippen LogP contribution in [0.5, 0.6) is 0 Å². The van der Waals surface area contributed by atoms with Gasteiger partial charge in [-0.15, -0.1) is 0 Å². The molecule has 6 heteroatoms. The van der Waals surface area contributed by atoms with Crippen LogP contribution in [0, 0.1) is 5.41 Å². The molecular weight excluding hydrogens is 222 g/mol. The number of amidine groups is 1. The molecule has 98 valence electrons. The van der Waals surface area contributed by atoms with E-state index in [4.69, 9.17) is 15.2 Å². The van der Waals surface area contributed by atoms with E-state index in [-0.39, 0.29) is 17.5 Å². The first kappa shape index (κ1) is 13.6. The molecule has 0 heterocycles. The molecular formula is C11H21N3O3. The van der Waals surface area contributed by atoms with Gasteiger partial charge in [0, 0.05) is 17.9 Å². The molecule has 1 fully saturated rings. The summed E-state index contributed by atoms with van der Waals surface area (Å²) in [5, 5.41) is 27.0. The molecule has 0 aromatic rings. The van der Waals surface area contributed by atoms with Crippen molar-refractivity contribution < 1.29 is 15.2 Å². The van der Waals surface area contributed by atoms with Crippen molar-refractivity contribution in [3.8, 4) is 0 Å². The fourth-order valence-corrected chi connectivity index (χ4v) is 1.70. The zero-order valence-corrected chi connectivity index (χ0v) is 11.0. The molecule has 1 aliphatic rings. The molecule has 0 radical (unpaired) electrons. The monoisotopic (exact) mass is 243 g/mol. The van der Waals surface area contributed by atoms with Gasteiger partial charge in [0.1, 0.15) is 5.60 Å². The van der Waals surface area contributed by atoms with E-state index >= 15 is 0 Å². The van der Waals surface area contributed by atoms with Gasteiger partial charge in [-0.1, -0.05) is 19.0 Å². The van der Waals surface area contributed by atoms with Gasteiger partial charge >= 0.3 is 6.02 Å². The van der Waals surface area contributed by atoms with Crippen LogP contribution < -0.4 is 5.32 Å². The topological polar surface area (TPSA) is 86.4 Å². The van der Waals surface area contributed by atoms with E-state index in [9.17, 15) is 0 Å². The third-order valence-electron chi connectivity index (χ3n) is 2.92. The lowest BCUT2D eigenvalue weighted by molar-refractivity contribution is 0.0925. The molecule has 0 aliphatic heterocycles. The lowest BCUT2D eigenvalue weighted by Gasteiger charge is -2.45. The first-order chi connectivity index (χ1) is 7.70. The smallest absolute Gasteiger partial charge is 0.324 e. The lowest BCUT2D eigenvalue weighted by atomic mass is 9.65. The summed E-state index contributed by atoms with van der Waals surface area (Å²) in [5.74, 6) is 0. The molecule has 6 nitrogen and oxygen atoms in total. The number of hydrogen-bond donors (Lipinski definition) is 3. The maximum atomic E-state index is 8.87. The Hall–Kier alpha value is -1.46. The summed E-state index contributed by atoms with van der Waals surface area (Å²) in [7, 11) is 0. The van der Waals surface area contributed by atoms with Crippen molar-refractivity contribution in [3.05, 3.63) is 0 Å². The second kappa shape index (κ2) is 4.43. The molecule has 0 spiro atoms. The van der Waals surface area contributed by atoms with Crippen LogP contribution in [0.2, 0.25) is 0 Å². The van der Waals surface area contributed by atoms with Gasteiger partial charge in [-0.2, -0.15) is 0 Å². The highest BCUT2D eigenvalue weighted by Crippen LogP contribution is 2.37. The molecule has 1 atom stereocenters. The fourth-order valence-electron chi connectivity index (χ4n) is 1.70. The number of oxime groups is 2. The van der Waals surface area contributed by atoms with Gasteiger partial charge in [0.25, 0.3) is 0 Å². The second-order valence-corrected chi connectivity index (χ2v) is 5.79. The molecule has 3 N–H and O–H groups in total. The molecule has 1 unspecified atom stereocenters. The van der Waals surface area contributed by atoms with Crippen LogP contribution >= 0.6 is 0 Å².